The first-order valence-electron chi connectivity index (χ1n) is 6.39. The van der Waals surface area contributed by atoms with Crippen molar-refractivity contribution in [1.29, 1.82) is 0 Å². The Hall–Kier alpha value is -1.58. The third-order valence-corrected chi connectivity index (χ3v) is 2.76. The number of pyridine rings is 1. The molecule has 0 N–H and O–H groups in total. The monoisotopic (exact) mass is 269 g/mol. The van der Waals surface area contributed by atoms with Crippen LogP contribution in [0.3, 0.4) is 0 Å². The zero-order chi connectivity index (χ0) is 14.6. The van der Waals surface area contributed by atoms with Crippen molar-refractivity contribution in [2.24, 2.45) is 0 Å². The molecule has 0 saturated carbocycles. The number of halogens is 3. The van der Waals surface area contributed by atoms with Crippen molar-refractivity contribution in [2.45, 2.75) is 40.3 Å². The zero-order valence-corrected chi connectivity index (χ0v) is 11.6. The lowest BCUT2D eigenvalue weighted by Gasteiger charge is -2.09. The molecular formula is C15H18F3N. The first-order chi connectivity index (χ1) is 8.91. The standard InChI is InChI=1S/C13H12F3N.C2H6/c1-3-11-7-9-6-10(13(14,15)16)4-5-12(9)8(2)17-11;1-2/h4-7H,3H2,1-2H3;1-2H3. The summed E-state index contributed by atoms with van der Waals surface area (Å²) >= 11 is 0. The molecule has 4 heteroatoms. The predicted molar refractivity (Wildman–Crippen MR) is 72.2 cm³/mol. The van der Waals surface area contributed by atoms with E-state index in [4.69, 9.17) is 0 Å². The molecule has 0 amide bonds. The summed E-state index contributed by atoms with van der Waals surface area (Å²) in [6.07, 6.45) is -3.58. The van der Waals surface area contributed by atoms with Gasteiger partial charge in [-0.15, -0.1) is 0 Å². The average molecular weight is 269 g/mol. The van der Waals surface area contributed by atoms with Gasteiger partial charge in [0.15, 0.2) is 0 Å². The number of fused-ring (bicyclic) bond motifs is 1. The molecule has 0 spiro atoms. The highest BCUT2D eigenvalue weighted by Crippen LogP contribution is 2.32. The topological polar surface area (TPSA) is 12.9 Å². The van der Waals surface area contributed by atoms with Crippen LogP contribution in [0, 0.1) is 6.92 Å². The van der Waals surface area contributed by atoms with E-state index in [0.717, 1.165) is 22.8 Å². The molecule has 0 radical (unpaired) electrons. The Morgan fingerprint density at radius 2 is 1.74 bits per heavy atom. The van der Waals surface area contributed by atoms with E-state index in [0.29, 0.717) is 11.8 Å². The van der Waals surface area contributed by atoms with Crippen LogP contribution in [-0.2, 0) is 12.6 Å². The van der Waals surface area contributed by atoms with E-state index in [-0.39, 0.29) is 0 Å². The van der Waals surface area contributed by atoms with Gasteiger partial charge in [-0.25, -0.2) is 0 Å². The first kappa shape index (κ1) is 15.5. The van der Waals surface area contributed by atoms with Crippen LogP contribution in [0.15, 0.2) is 24.3 Å². The number of aromatic nitrogens is 1. The quantitative estimate of drug-likeness (QED) is 0.697. The van der Waals surface area contributed by atoms with E-state index in [1.165, 1.54) is 12.1 Å². The minimum absolute atomic E-state index is 0.601. The lowest BCUT2D eigenvalue weighted by molar-refractivity contribution is -0.137. The number of nitrogens with zero attached hydrogens (tertiary/aromatic N) is 1. The first-order valence-corrected chi connectivity index (χ1v) is 6.39. The molecule has 0 aliphatic rings. The van der Waals surface area contributed by atoms with E-state index in [2.05, 4.69) is 4.98 Å². The van der Waals surface area contributed by atoms with E-state index in [1.807, 2.05) is 27.7 Å². The zero-order valence-electron chi connectivity index (χ0n) is 11.6. The summed E-state index contributed by atoms with van der Waals surface area (Å²) in [7, 11) is 0. The molecule has 0 atom stereocenters. The molecular weight excluding hydrogens is 251 g/mol. The highest BCUT2D eigenvalue weighted by atomic mass is 19.4. The molecule has 104 valence electrons. The highest BCUT2D eigenvalue weighted by molar-refractivity contribution is 5.85. The van der Waals surface area contributed by atoms with E-state index in [9.17, 15) is 13.2 Å². The van der Waals surface area contributed by atoms with Gasteiger partial charge in [0, 0.05) is 16.8 Å². The van der Waals surface area contributed by atoms with Crippen molar-refractivity contribution in [2.75, 3.05) is 0 Å². The molecule has 0 aliphatic carbocycles. The molecule has 0 saturated heterocycles. The molecule has 1 aromatic heterocycles. The largest absolute Gasteiger partial charge is 0.416 e. The summed E-state index contributed by atoms with van der Waals surface area (Å²) in [6, 6.07) is 5.49. The molecule has 1 aromatic carbocycles. The molecule has 0 fully saturated rings. The van der Waals surface area contributed by atoms with Gasteiger partial charge in [-0.2, -0.15) is 13.2 Å². The lowest BCUT2D eigenvalue weighted by atomic mass is 10.0. The van der Waals surface area contributed by atoms with Gasteiger partial charge in [-0.1, -0.05) is 26.8 Å². The van der Waals surface area contributed by atoms with Gasteiger partial charge >= 0.3 is 6.18 Å². The van der Waals surface area contributed by atoms with Crippen LogP contribution in [0.25, 0.3) is 10.8 Å². The summed E-state index contributed by atoms with van der Waals surface area (Å²) in [6.45, 7) is 7.75. The Bertz CT molecular complexity index is 559. The van der Waals surface area contributed by atoms with Crippen LogP contribution in [0.5, 0.6) is 0 Å². The Balaban J connectivity index is 0.000000861. The predicted octanol–water partition coefficient (Wildman–Crippen LogP) is 5.15. The maximum atomic E-state index is 12.6. The van der Waals surface area contributed by atoms with Gasteiger partial charge in [0.05, 0.1) is 5.56 Å². The van der Waals surface area contributed by atoms with Crippen molar-refractivity contribution in [1.82, 2.24) is 4.98 Å². The number of hydrogen-bond acceptors (Lipinski definition) is 1. The molecule has 2 aromatic rings. The summed E-state index contributed by atoms with van der Waals surface area (Å²) in [4.78, 5) is 4.33. The smallest absolute Gasteiger partial charge is 0.258 e. The highest BCUT2D eigenvalue weighted by Gasteiger charge is 2.30. The van der Waals surface area contributed by atoms with Crippen LogP contribution >= 0.6 is 0 Å². The minimum atomic E-state index is -4.29. The van der Waals surface area contributed by atoms with Gasteiger partial charge in [0.25, 0.3) is 0 Å². The molecule has 0 aliphatic heterocycles. The summed E-state index contributed by atoms with van der Waals surface area (Å²) < 4.78 is 37.7. The molecule has 1 heterocycles. The van der Waals surface area contributed by atoms with Gasteiger partial charge in [0.2, 0.25) is 0 Å². The SMILES string of the molecule is CC.CCc1cc2cc(C(F)(F)F)ccc2c(C)n1. The maximum absolute atomic E-state index is 12.6. The Morgan fingerprint density at radius 1 is 1.11 bits per heavy atom. The molecule has 0 unspecified atom stereocenters. The second-order valence-corrected chi connectivity index (χ2v) is 3.99. The Kier molecular flexibility index (Phi) is 4.92. The molecule has 1 nitrogen and oxygen atoms in total. The average Bonchev–Trinajstić information content (AvgIpc) is 2.39. The van der Waals surface area contributed by atoms with E-state index >= 15 is 0 Å². The fourth-order valence-corrected chi connectivity index (χ4v) is 1.86. The maximum Gasteiger partial charge on any atom is 0.416 e. The number of rotatable bonds is 1. The molecule has 2 rings (SSSR count). The van der Waals surface area contributed by atoms with Crippen molar-refractivity contribution < 1.29 is 13.2 Å². The van der Waals surface area contributed by atoms with Crippen molar-refractivity contribution in [3.63, 3.8) is 0 Å². The Morgan fingerprint density at radius 3 is 2.26 bits per heavy atom. The van der Waals surface area contributed by atoms with Gasteiger partial charge in [-0.3, -0.25) is 4.98 Å². The van der Waals surface area contributed by atoms with E-state index in [1.54, 1.807) is 6.07 Å². The third kappa shape index (κ3) is 3.46. The van der Waals surface area contributed by atoms with Crippen molar-refractivity contribution in [3.05, 3.63) is 41.2 Å². The number of aryl methyl sites for hydroxylation is 2. The normalized spacial score (nSPS) is 11.1. The second kappa shape index (κ2) is 6.04. The van der Waals surface area contributed by atoms with Crippen LogP contribution in [-0.4, -0.2) is 4.98 Å². The van der Waals surface area contributed by atoms with Crippen LogP contribution in [0.1, 0.15) is 37.7 Å². The Labute approximate surface area is 111 Å². The fourth-order valence-electron chi connectivity index (χ4n) is 1.86. The van der Waals surface area contributed by atoms with Crippen LogP contribution in [0.2, 0.25) is 0 Å². The van der Waals surface area contributed by atoms with Gasteiger partial charge in [0.1, 0.15) is 0 Å². The van der Waals surface area contributed by atoms with Crippen LogP contribution < -0.4 is 0 Å². The summed E-state index contributed by atoms with van der Waals surface area (Å²) in [5.41, 5.74) is 0.972. The fraction of sp³-hybridized carbons (Fsp3) is 0.400. The molecule has 0 bridgehead atoms. The number of benzene rings is 1. The number of alkyl halides is 3. The number of hydrogen-bond donors (Lipinski definition) is 0. The lowest BCUT2D eigenvalue weighted by Crippen LogP contribution is -2.04. The third-order valence-electron chi connectivity index (χ3n) is 2.76. The summed E-state index contributed by atoms with van der Waals surface area (Å²) in [5.74, 6) is 0. The van der Waals surface area contributed by atoms with Gasteiger partial charge in [-0.05, 0) is 36.9 Å². The van der Waals surface area contributed by atoms with E-state index < -0.39 is 11.7 Å². The van der Waals surface area contributed by atoms with Crippen LogP contribution in [0.4, 0.5) is 13.2 Å². The second-order valence-electron chi connectivity index (χ2n) is 3.99. The molecule has 19 heavy (non-hydrogen) atoms. The van der Waals surface area contributed by atoms with Crippen molar-refractivity contribution in [3.8, 4) is 0 Å². The minimum Gasteiger partial charge on any atom is -0.258 e. The van der Waals surface area contributed by atoms with Crippen molar-refractivity contribution >= 4 is 10.8 Å². The summed E-state index contributed by atoms with van der Waals surface area (Å²) in [5, 5.41) is 1.37. The van der Waals surface area contributed by atoms with Gasteiger partial charge < -0.3 is 0 Å².